The second kappa shape index (κ2) is 5.66. The lowest BCUT2D eigenvalue weighted by molar-refractivity contribution is 0.107. The van der Waals surface area contributed by atoms with Crippen LogP contribution in [0.25, 0.3) is 0 Å². The van der Waals surface area contributed by atoms with E-state index < -0.39 is 10.0 Å². The third kappa shape index (κ3) is 3.10. The van der Waals surface area contributed by atoms with Crippen LogP contribution in [0.15, 0.2) is 16.3 Å². The minimum Gasteiger partial charge on any atom is -0.391 e. The van der Waals surface area contributed by atoms with Crippen molar-refractivity contribution in [3.05, 3.63) is 16.3 Å². The number of rotatable bonds is 5. The summed E-state index contributed by atoms with van der Waals surface area (Å²) in [5.41, 5.74) is 0. The molecule has 0 aliphatic carbocycles. The van der Waals surface area contributed by atoms with Gasteiger partial charge in [-0.2, -0.15) is 0 Å². The van der Waals surface area contributed by atoms with Crippen molar-refractivity contribution in [2.24, 2.45) is 5.92 Å². The molecular weight excluding hydrogens is 274 g/mol. The molecule has 0 amide bonds. The summed E-state index contributed by atoms with van der Waals surface area (Å²) in [5, 5.41) is 10.5. The molecule has 1 saturated heterocycles. The molecule has 2 heterocycles. The Morgan fingerprint density at radius 1 is 1.61 bits per heavy atom. The fourth-order valence-corrected chi connectivity index (χ4v) is 4.16. The summed E-state index contributed by atoms with van der Waals surface area (Å²) in [4.78, 5) is 0.871. The van der Waals surface area contributed by atoms with Gasteiger partial charge in [0.15, 0.2) is 0 Å². The fourth-order valence-electron chi connectivity index (χ4n) is 1.93. The largest absolute Gasteiger partial charge is 0.391 e. The van der Waals surface area contributed by atoms with Crippen molar-refractivity contribution in [3.8, 4) is 0 Å². The number of aliphatic hydroxyl groups excluding tert-OH is 1. The topological polar surface area (TPSA) is 75.6 Å². The van der Waals surface area contributed by atoms with Gasteiger partial charge in [0, 0.05) is 29.3 Å². The summed E-state index contributed by atoms with van der Waals surface area (Å²) < 4.78 is 32.0. The lowest BCUT2D eigenvalue weighted by Crippen LogP contribution is -2.31. The zero-order valence-electron chi connectivity index (χ0n) is 10.1. The molecule has 0 aromatic carbocycles. The molecule has 18 heavy (non-hydrogen) atoms. The Kier molecular flexibility index (Phi) is 4.39. The highest BCUT2D eigenvalue weighted by molar-refractivity contribution is 7.89. The molecule has 2 rings (SSSR count). The van der Waals surface area contributed by atoms with Gasteiger partial charge in [-0.05, 0) is 19.4 Å². The van der Waals surface area contributed by atoms with E-state index in [0.717, 1.165) is 6.42 Å². The van der Waals surface area contributed by atoms with E-state index in [0.29, 0.717) is 18.0 Å². The fraction of sp³-hybridized carbons (Fsp3) is 0.636. The highest BCUT2D eigenvalue weighted by Gasteiger charge is 2.26. The summed E-state index contributed by atoms with van der Waals surface area (Å²) in [5.74, 6) is 0.232. The van der Waals surface area contributed by atoms with Crippen molar-refractivity contribution in [2.45, 2.75) is 31.0 Å². The molecule has 0 bridgehead atoms. The lowest BCUT2D eigenvalue weighted by atomic mass is 10.0. The van der Waals surface area contributed by atoms with E-state index >= 15 is 0 Å². The second-order valence-corrected chi connectivity index (χ2v) is 7.15. The number of aliphatic hydroxyl groups is 1. The van der Waals surface area contributed by atoms with Crippen molar-refractivity contribution < 1.29 is 18.3 Å². The van der Waals surface area contributed by atoms with Crippen LogP contribution >= 0.6 is 11.3 Å². The van der Waals surface area contributed by atoms with Crippen molar-refractivity contribution >= 4 is 21.4 Å². The number of nitrogens with one attached hydrogen (secondary N) is 1. The van der Waals surface area contributed by atoms with Gasteiger partial charge in [0.1, 0.15) is 0 Å². The van der Waals surface area contributed by atoms with E-state index in [1.165, 1.54) is 17.4 Å². The predicted octanol–water partition coefficient (Wildman–Crippen LogP) is 0.944. The number of ether oxygens (including phenoxy) is 1. The Morgan fingerprint density at radius 2 is 2.39 bits per heavy atom. The van der Waals surface area contributed by atoms with Gasteiger partial charge in [-0.1, -0.05) is 0 Å². The third-order valence-corrected chi connectivity index (χ3v) is 5.64. The second-order valence-electron chi connectivity index (χ2n) is 4.38. The molecule has 1 aliphatic heterocycles. The van der Waals surface area contributed by atoms with Crippen LogP contribution in [-0.4, -0.2) is 32.8 Å². The summed E-state index contributed by atoms with van der Waals surface area (Å²) in [6.45, 7) is 2.92. The van der Waals surface area contributed by atoms with E-state index in [9.17, 15) is 8.42 Å². The van der Waals surface area contributed by atoms with Crippen molar-refractivity contribution in [1.29, 1.82) is 0 Å². The number of sulfonamides is 1. The molecule has 1 aromatic rings. The molecule has 1 fully saturated rings. The maximum Gasteiger partial charge on any atom is 0.241 e. The molecule has 2 atom stereocenters. The number of hydrogen-bond acceptors (Lipinski definition) is 5. The standard InChI is InChI=1S/C11H17NO4S2/c1-8-9(2-3-16-8)5-12-18(14,15)11-4-10(6-13)17-7-11/h4,7-9,12-13H,2-3,5-6H2,1H3. The number of thiophene rings is 1. The minimum atomic E-state index is -3.47. The van der Waals surface area contributed by atoms with E-state index in [-0.39, 0.29) is 23.5 Å². The van der Waals surface area contributed by atoms with Crippen molar-refractivity contribution in [2.75, 3.05) is 13.2 Å². The summed E-state index contributed by atoms with van der Waals surface area (Å²) in [6, 6.07) is 1.50. The number of hydrogen-bond donors (Lipinski definition) is 2. The Labute approximate surface area is 111 Å². The Bertz CT molecular complexity index is 497. The van der Waals surface area contributed by atoms with E-state index in [1.54, 1.807) is 5.38 Å². The Balaban J connectivity index is 1.98. The van der Waals surface area contributed by atoms with Gasteiger partial charge in [0.25, 0.3) is 0 Å². The van der Waals surface area contributed by atoms with Gasteiger partial charge in [-0.15, -0.1) is 11.3 Å². The Morgan fingerprint density at radius 3 is 2.94 bits per heavy atom. The molecule has 0 spiro atoms. The van der Waals surface area contributed by atoms with Crippen LogP contribution in [0, 0.1) is 5.92 Å². The van der Waals surface area contributed by atoms with Crippen LogP contribution < -0.4 is 4.72 Å². The van der Waals surface area contributed by atoms with E-state index in [4.69, 9.17) is 9.84 Å². The molecular formula is C11H17NO4S2. The molecule has 1 aromatic heterocycles. The molecule has 1 aliphatic rings. The quantitative estimate of drug-likeness (QED) is 0.846. The molecule has 102 valence electrons. The highest BCUT2D eigenvalue weighted by Crippen LogP contribution is 2.22. The molecule has 0 saturated carbocycles. The normalized spacial score (nSPS) is 24.6. The van der Waals surface area contributed by atoms with Gasteiger partial charge in [0.05, 0.1) is 17.6 Å². The first kappa shape index (κ1) is 14.0. The maximum absolute atomic E-state index is 12.0. The molecule has 0 radical (unpaired) electrons. The summed E-state index contributed by atoms with van der Waals surface area (Å²) in [7, 11) is -3.47. The van der Waals surface area contributed by atoms with Crippen LogP contribution in [0.4, 0.5) is 0 Å². The SMILES string of the molecule is CC1OCCC1CNS(=O)(=O)c1csc(CO)c1. The van der Waals surface area contributed by atoms with Crippen LogP contribution in [0.1, 0.15) is 18.2 Å². The monoisotopic (exact) mass is 291 g/mol. The average Bonchev–Trinajstić information content (AvgIpc) is 2.95. The lowest BCUT2D eigenvalue weighted by Gasteiger charge is -2.14. The zero-order valence-corrected chi connectivity index (χ0v) is 11.8. The van der Waals surface area contributed by atoms with Crippen molar-refractivity contribution in [1.82, 2.24) is 4.72 Å². The summed E-state index contributed by atoms with van der Waals surface area (Å²) >= 11 is 1.24. The minimum absolute atomic E-state index is 0.100. The van der Waals surface area contributed by atoms with Crippen LogP contribution in [0.3, 0.4) is 0 Å². The Hall–Kier alpha value is -0.470. The molecule has 2 N–H and O–H groups in total. The predicted molar refractivity (Wildman–Crippen MR) is 69.0 cm³/mol. The van der Waals surface area contributed by atoms with Gasteiger partial charge in [-0.25, -0.2) is 13.1 Å². The van der Waals surface area contributed by atoms with Gasteiger partial charge in [0.2, 0.25) is 10.0 Å². The molecule has 7 heteroatoms. The van der Waals surface area contributed by atoms with E-state index in [2.05, 4.69) is 4.72 Å². The first-order valence-electron chi connectivity index (χ1n) is 5.82. The third-order valence-electron chi connectivity index (χ3n) is 3.16. The van der Waals surface area contributed by atoms with Crippen LogP contribution in [0.5, 0.6) is 0 Å². The molecule has 2 unspecified atom stereocenters. The first-order chi connectivity index (χ1) is 8.53. The van der Waals surface area contributed by atoms with Gasteiger partial charge in [-0.3, -0.25) is 0 Å². The smallest absolute Gasteiger partial charge is 0.241 e. The van der Waals surface area contributed by atoms with E-state index in [1.807, 2.05) is 6.92 Å². The molecule has 5 nitrogen and oxygen atoms in total. The van der Waals surface area contributed by atoms with Gasteiger partial charge >= 0.3 is 0 Å². The highest BCUT2D eigenvalue weighted by atomic mass is 32.2. The average molecular weight is 291 g/mol. The van der Waals surface area contributed by atoms with Crippen molar-refractivity contribution in [3.63, 3.8) is 0 Å². The summed E-state index contributed by atoms with van der Waals surface area (Å²) in [6.07, 6.45) is 0.984. The first-order valence-corrected chi connectivity index (χ1v) is 8.19. The van der Waals surface area contributed by atoms with Gasteiger partial charge < -0.3 is 9.84 Å². The zero-order chi connectivity index (χ0) is 13.2. The maximum atomic E-state index is 12.0. The van der Waals surface area contributed by atoms with Crippen LogP contribution in [-0.2, 0) is 21.4 Å². The van der Waals surface area contributed by atoms with Crippen LogP contribution in [0.2, 0.25) is 0 Å².